The Morgan fingerprint density at radius 2 is 1.79 bits per heavy atom. The van der Waals surface area contributed by atoms with Gasteiger partial charge < -0.3 is 20.7 Å². The standard InChI is InChI=1S/C12H20IN5S/c1-12(2,3)6-7(14)8(15)11(19-5-17-19)9(16)10(6)18-13-4/h5,17-18H,4,14-16H2,1-3H3. The Kier molecular flexibility index (Phi) is 3.80. The lowest BCUT2D eigenvalue weighted by molar-refractivity contribution is 0.595. The molecule has 0 saturated heterocycles. The summed E-state index contributed by atoms with van der Waals surface area (Å²) in [6, 6.07) is 0. The second kappa shape index (κ2) is 4.95. The fourth-order valence-corrected chi connectivity index (χ4v) is 4.16. The second-order valence-electron chi connectivity index (χ2n) is 5.37. The van der Waals surface area contributed by atoms with Gasteiger partial charge in [-0.05, 0) is 30.9 Å². The first-order valence-corrected chi connectivity index (χ1v) is 9.65. The highest BCUT2D eigenvalue weighted by Crippen LogP contribution is 2.50. The molecule has 2 rings (SSSR count). The van der Waals surface area contributed by atoms with Gasteiger partial charge in [0.15, 0.2) is 0 Å². The molecule has 0 bridgehead atoms. The lowest BCUT2D eigenvalue weighted by atomic mass is 9.83. The highest BCUT2D eigenvalue weighted by Gasteiger charge is 2.29. The number of benzene rings is 1. The van der Waals surface area contributed by atoms with Crippen molar-refractivity contribution in [2.24, 2.45) is 0 Å². The van der Waals surface area contributed by atoms with Crippen LogP contribution in [0.1, 0.15) is 26.3 Å². The molecular weight excluding hydrogens is 373 g/mol. The lowest BCUT2D eigenvalue weighted by Gasteiger charge is -2.28. The fraction of sp³-hybridized carbons (Fsp3) is 0.333. The molecule has 5 nitrogen and oxygen atoms in total. The maximum atomic E-state index is 6.32. The number of rotatable bonds is 3. The average Bonchev–Trinajstić information content (AvgIpc) is 3.09. The monoisotopic (exact) mass is 393 g/mol. The van der Waals surface area contributed by atoms with Crippen molar-refractivity contribution in [1.29, 1.82) is 0 Å². The van der Waals surface area contributed by atoms with Crippen LogP contribution in [0.25, 0.3) is 0 Å². The number of hydrogen-bond donors (Lipinski definition) is 5. The van der Waals surface area contributed by atoms with E-state index in [1.54, 1.807) is 0 Å². The molecule has 1 aliphatic heterocycles. The first-order chi connectivity index (χ1) is 8.79. The van der Waals surface area contributed by atoms with E-state index in [1.807, 2.05) is 5.49 Å². The second-order valence-corrected chi connectivity index (χ2v) is 8.23. The first kappa shape index (κ1) is 14.6. The third-order valence-corrected chi connectivity index (χ3v) is 5.21. The molecule has 0 radical (unpaired) electrons. The van der Waals surface area contributed by atoms with Crippen molar-refractivity contribution in [2.75, 3.05) is 20.7 Å². The lowest BCUT2D eigenvalue weighted by Crippen LogP contribution is -2.19. The van der Waals surface area contributed by atoms with Crippen molar-refractivity contribution in [3.05, 3.63) is 5.56 Å². The summed E-state index contributed by atoms with van der Waals surface area (Å²) < 4.78 is 10.4. The van der Waals surface area contributed by atoms with Crippen LogP contribution in [0.5, 0.6) is 0 Å². The minimum absolute atomic E-state index is 0.129. The van der Waals surface area contributed by atoms with Crippen molar-refractivity contribution >= 4 is 64.4 Å². The summed E-state index contributed by atoms with van der Waals surface area (Å²) in [4.78, 5) is 0.908. The maximum absolute atomic E-state index is 6.32. The Hall–Kier alpha value is -0.800. The van der Waals surface area contributed by atoms with Gasteiger partial charge in [0.05, 0.1) is 27.6 Å². The first-order valence-electron chi connectivity index (χ1n) is 5.75. The van der Waals surface area contributed by atoms with Crippen LogP contribution in [0.2, 0.25) is 0 Å². The third-order valence-electron chi connectivity index (χ3n) is 2.94. The number of nitrogens with two attached hydrogens (primary N) is 3. The van der Waals surface area contributed by atoms with E-state index in [9.17, 15) is 0 Å². The smallest absolute Gasteiger partial charge is 0.0729 e. The van der Waals surface area contributed by atoms with Crippen LogP contribution >= 0.6 is 31.7 Å². The van der Waals surface area contributed by atoms with Crippen molar-refractivity contribution < 1.29 is 0 Å². The van der Waals surface area contributed by atoms with Crippen molar-refractivity contribution in [1.82, 2.24) is 4.72 Å². The van der Waals surface area contributed by atoms with Crippen molar-refractivity contribution in [3.63, 3.8) is 0 Å². The van der Waals surface area contributed by atoms with Crippen LogP contribution in [0.15, 0.2) is 4.90 Å². The Bertz CT molecular complexity index is 589. The van der Waals surface area contributed by atoms with E-state index in [4.69, 9.17) is 17.2 Å². The summed E-state index contributed by atoms with van der Waals surface area (Å²) in [7, 11) is -0.164. The molecular formula is C12H20IN5S. The van der Waals surface area contributed by atoms with Gasteiger partial charge in [-0.25, -0.2) is 4.72 Å². The fourth-order valence-electron chi connectivity index (χ4n) is 2.11. The normalized spacial score (nSPS) is 17.9. The van der Waals surface area contributed by atoms with Gasteiger partial charge in [-0.3, -0.25) is 0 Å². The van der Waals surface area contributed by atoms with E-state index < -0.39 is 21.0 Å². The summed E-state index contributed by atoms with van der Waals surface area (Å²) in [5, 5.41) is 0. The minimum atomic E-state index is -0.392. The van der Waals surface area contributed by atoms with Gasteiger partial charge in [-0.1, -0.05) is 31.4 Å². The topological polar surface area (TPSA) is 112 Å². The van der Waals surface area contributed by atoms with Gasteiger partial charge >= 0.3 is 0 Å². The Morgan fingerprint density at radius 3 is 2.21 bits per heavy atom. The Balaban J connectivity index is 2.80. The Labute approximate surface area is 126 Å². The SMILES string of the molecule is C=INc1c(N)c(S2=CN2)c(N)c(N)c1C(C)(C)C. The van der Waals surface area contributed by atoms with Crippen molar-refractivity contribution in [3.8, 4) is 0 Å². The van der Waals surface area contributed by atoms with Crippen molar-refractivity contribution in [2.45, 2.75) is 31.1 Å². The van der Waals surface area contributed by atoms with Crippen LogP contribution < -0.4 is 25.5 Å². The predicted molar refractivity (Wildman–Crippen MR) is 98.2 cm³/mol. The Morgan fingerprint density at radius 1 is 1.21 bits per heavy atom. The van der Waals surface area contributed by atoms with E-state index >= 15 is 0 Å². The highest BCUT2D eigenvalue weighted by atomic mass is 127. The molecule has 1 aliphatic rings. The molecule has 0 fully saturated rings. The molecule has 0 spiro atoms. The molecule has 8 N–H and O–H groups in total. The molecule has 7 heteroatoms. The molecule has 0 aromatic heterocycles. The molecule has 1 aromatic rings. The van der Waals surface area contributed by atoms with Gasteiger partial charge in [0.25, 0.3) is 0 Å². The van der Waals surface area contributed by atoms with Crippen LogP contribution in [-0.4, -0.2) is 10.0 Å². The average molecular weight is 393 g/mol. The molecule has 106 valence electrons. The zero-order valence-electron chi connectivity index (χ0n) is 11.3. The number of halogens is 1. The minimum Gasteiger partial charge on any atom is -0.397 e. The predicted octanol–water partition coefficient (Wildman–Crippen LogP) is 2.37. The highest BCUT2D eigenvalue weighted by molar-refractivity contribution is 14.2. The summed E-state index contributed by atoms with van der Waals surface area (Å²) in [5.74, 6) is 0. The molecule has 0 amide bonds. The molecule has 1 atom stereocenters. The van der Waals surface area contributed by atoms with E-state index in [-0.39, 0.29) is 16.1 Å². The van der Waals surface area contributed by atoms with E-state index in [0.717, 1.165) is 16.1 Å². The van der Waals surface area contributed by atoms with E-state index in [0.29, 0.717) is 17.1 Å². The largest absolute Gasteiger partial charge is 0.397 e. The van der Waals surface area contributed by atoms with E-state index in [1.165, 1.54) is 0 Å². The molecule has 1 aromatic carbocycles. The van der Waals surface area contributed by atoms with Crippen LogP contribution in [-0.2, 0) is 5.41 Å². The molecule has 0 saturated carbocycles. The summed E-state index contributed by atoms with van der Waals surface area (Å²) in [6.07, 6.45) is 0. The zero-order chi connectivity index (χ0) is 14.4. The third kappa shape index (κ3) is 2.59. The maximum Gasteiger partial charge on any atom is 0.0729 e. The summed E-state index contributed by atoms with van der Waals surface area (Å²) in [6.45, 7) is 6.31. The van der Waals surface area contributed by atoms with Gasteiger partial charge in [-0.15, -0.1) is 0 Å². The quantitative estimate of drug-likeness (QED) is 0.234. The molecule has 1 heterocycles. The summed E-state index contributed by atoms with van der Waals surface area (Å²) >= 11 is -0.392. The van der Waals surface area contributed by atoms with Crippen LogP contribution in [0, 0.1) is 0 Å². The van der Waals surface area contributed by atoms with Crippen LogP contribution in [0.3, 0.4) is 0 Å². The van der Waals surface area contributed by atoms with Gasteiger partial charge in [-0.2, -0.15) is 0 Å². The molecule has 19 heavy (non-hydrogen) atoms. The number of hydrogen-bond acceptors (Lipinski definition) is 5. The van der Waals surface area contributed by atoms with Crippen LogP contribution in [0.4, 0.5) is 22.7 Å². The van der Waals surface area contributed by atoms with Gasteiger partial charge in [0, 0.05) is 11.1 Å². The number of nitrogen functional groups attached to an aromatic ring is 3. The number of anilines is 4. The van der Waals surface area contributed by atoms with Gasteiger partial charge in [0.1, 0.15) is 0 Å². The number of nitrogens with one attached hydrogen (secondary N) is 2. The van der Waals surface area contributed by atoms with E-state index in [2.05, 4.69) is 33.5 Å². The summed E-state index contributed by atoms with van der Waals surface area (Å²) in [5.41, 5.74) is 24.4. The molecule has 0 aliphatic carbocycles. The zero-order valence-corrected chi connectivity index (χ0v) is 14.3. The molecule has 1 unspecified atom stereocenters. The van der Waals surface area contributed by atoms with Gasteiger partial charge in [0.2, 0.25) is 0 Å².